The van der Waals surface area contributed by atoms with Crippen LogP contribution in [0.4, 0.5) is 4.39 Å². The van der Waals surface area contributed by atoms with E-state index in [9.17, 15) is 17.9 Å². The summed E-state index contributed by atoms with van der Waals surface area (Å²) in [5, 5.41) is 9.76. The van der Waals surface area contributed by atoms with E-state index in [2.05, 4.69) is 4.72 Å². The number of aliphatic hydroxyl groups excluding tert-OH is 1. The molecule has 0 spiro atoms. The lowest BCUT2D eigenvalue weighted by Crippen LogP contribution is -2.38. The first-order valence-corrected chi connectivity index (χ1v) is 10.7. The molecule has 1 aliphatic carbocycles. The van der Waals surface area contributed by atoms with Gasteiger partial charge in [-0.3, -0.25) is 0 Å². The number of rotatable bonds is 6. The molecule has 1 atom stereocenters. The molecule has 2 N–H and O–H groups in total. The molecule has 0 saturated heterocycles. The molecule has 1 aromatic heterocycles. The fourth-order valence-corrected chi connectivity index (χ4v) is 5.67. The fraction of sp³-hybridized carbons (Fsp3) is 0.444. The van der Waals surface area contributed by atoms with Crippen LogP contribution in [0.3, 0.4) is 0 Å². The summed E-state index contributed by atoms with van der Waals surface area (Å²) >= 11 is 1.55. The number of sulfonamides is 1. The summed E-state index contributed by atoms with van der Waals surface area (Å²) in [6.07, 6.45) is 3.42. The van der Waals surface area contributed by atoms with Crippen molar-refractivity contribution >= 4 is 21.4 Å². The van der Waals surface area contributed by atoms with Gasteiger partial charge in [0.2, 0.25) is 10.0 Å². The van der Waals surface area contributed by atoms with Crippen molar-refractivity contribution in [3.63, 3.8) is 0 Å². The van der Waals surface area contributed by atoms with Gasteiger partial charge in [-0.15, -0.1) is 11.3 Å². The predicted molar refractivity (Wildman–Crippen MR) is 96.7 cm³/mol. The maximum atomic E-state index is 13.0. The van der Waals surface area contributed by atoms with Gasteiger partial charge in [-0.05, 0) is 56.2 Å². The second-order valence-corrected chi connectivity index (χ2v) is 9.53. The van der Waals surface area contributed by atoms with E-state index in [0.29, 0.717) is 6.54 Å². The van der Waals surface area contributed by atoms with Crippen molar-refractivity contribution < 1.29 is 17.9 Å². The highest BCUT2D eigenvalue weighted by molar-refractivity contribution is 7.89. The molecule has 1 aliphatic rings. The summed E-state index contributed by atoms with van der Waals surface area (Å²) < 4.78 is 40.8. The normalized spacial score (nSPS) is 18.4. The summed E-state index contributed by atoms with van der Waals surface area (Å²) in [4.78, 5) is 2.07. The molecule has 1 aromatic carbocycles. The van der Waals surface area contributed by atoms with Crippen LogP contribution in [0, 0.1) is 5.82 Å². The predicted octanol–water partition coefficient (Wildman–Crippen LogP) is 3.73. The largest absolute Gasteiger partial charge is 0.388 e. The van der Waals surface area contributed by atoms with Crippen LogP contribution in [-0.2, 0) is 15.4 Å². The lowest BCUT2D eigenvalue weighted by Gasteiger charge is -2.28. The van der Waals surface area contributed by atoms with Crippen molar-refractivity contribution in [2.75, 3.05) is 6.54 Å². The Bertz CT molecular complexity index is 822. The number of hydrogen-bond donors (Lipinski definition) is 2. The van der Waals surface area contributed by atoms with Crippen LogP contribution in [-0.4, -0.2) is 20.1 Å². The Balaban J connectivity index is 1.81. The highest BCUT2D eigenvalue weighted by Gasteiger charge is 2.38. The minimum absolute atomic E-state index is 0.0675. The Morgan fingerprint density at radius 2 is 1.84 bits per heavy atom. The first-order valence-electron chi connectivity index (χ1n) is 8.36. The molecule has 7 heteroatoms. The minimum Gasteiger partial charge on any atom is -0.388 e. The van der Waals surface area contributed by atoms with Crippen molar-refractivity contribution in [3.8, 4) is 0 Å². The zero-order valence-corrected chi connectivity index (χ0v) is 15.7. The molecule has 4 nitrogen and oxygen atoms in total. The average molecular weight is 384 g/mol. The third-order valence-corrected chi connectivity index (χ3v) is 7.77. The van der Waals surface area contributed by atoms with Gasteiger partial charge in [-0.25, -0.2) is 17.5 Å². The monoisotopic (exact) mass is 383 g/mol. The van der Waals surface area contributed by atoms with Crippen LogP contribution in [0.25, 0.3) is 0 Å². The maximum Gasteiger partial charge on any atom is 0.240 e. The smallest absolute Gasteiger partial charge is 0.240 e. The van der Waals surface area contributed by atoms with Gasteiger partial charge in [0.25, 0.3) is 0 Å². The molecule has 136 valence electrons. The standard InChI is InChI=1S/C18H22FNO3S2/c1-13(21)16-8-9-17(24-16)18(10-2-3-11-18)12-20-25(22,23)15-6-4-14(19)5-7-15/h4-9,13,20-21H,2-3,10-12H2,1H3. The quantitative estimate of drug-likeness (QED) is 0.799. The molecular weight excluding hydrogens is 361 g/mol. The van der Waals surface area contributed by atoms with Gasteiger partial charge in [0, 0.05) is 21.7 Å². The lowest BCUT2D eigenvalue weighted by atomic mass is 9.85. The van der Waals surface area contributed by atoms with Gasteiger partial charge in [0.05, 0.1) is 11.0 Å². The summed E-state index contributed by atoms with van der Waals surface area (Å²) in [7, 11) is -3.68. The zero-order valence-electron chi connectivity index (χ0n) is 14.0. The summed E-state index contributed by atoms with van der Waals surface area (Å²) in [6.45, 7) is 2.04. The van der Waals surface area contributed by atoms with E-state index in [1.807, 2.05) is 12.1 Å². The van der Waals surface area contributed by atoms with Crippen LogP contribution < -0.4 is 4.72 Å². The van der Waals surface area contributed by atoms with Crippen molar-refractivity contribution in [1.82, 2.24) is 4.72 Å². The summed E-state index contributed by atoms with van der Waals surface area (Å²) in [5.41, 5.74) is -0.231. The second-order valence-electron chi connectivity index (χ2n) is 6.64. The molecule has 1 unspecified atom stereocenters. The van der Waals surface area contributed by atoms with Crippen molar-refractivity contribution in [1.29, 1.82) is 0 Å². The molecule has 3 rings (SSSR count). The number of hydrogen-bond acceptors (Lipinski definition) is 4. The van der Waals surface area contributed by atoms with E-state index in [4.69, 9.17) is 0 Å². The van der Waals surface area contributed by atoms with Crippen LogP contribution >= 0.6 is 11.3 Å². The number of nitrogens with one attached hydrogen (secondary N) is 1. The zero-order chi connectivity index (χ0) is 18.1. The number of halogens is 1. The van der Waals surface area contributed by atoms with Crippen LogP contribution in [0.1, 0.15) is 48.5 Å². The molecule has 1 saturated carbocycles. The summed E-state index contributed by atoms with van der Waals surface area (Å²) in [6, 6.07) is 8.76. The molecule has 1 heterocycles. The van der Waals surface area contributed by atoms with Gasteiger partial charge < -0.3 is 5.11 Å². The molecule has 0 amide bonds. The van der Waals surface area contributed by atoms with Gasteiger partial charge in [-0.1, -0.05) is 12.8 Å². The summed E-state index contributed by atoms with van der Waals surface area (Å²) in [5.74, 6) is -0.463. The SMILES string of the molecule is CC(O)c1ccc(C2(CNS(=O)(=O)c3ccc(F)cc3)CCCC2)s1. The minimum atomic E-state index is -3.68. The van der Waals surface area contributed by atoms with E-state index in [-0.39, 0.29) is 10.3 Å². The van der Waals surface area contributed by atoms with E-state index >= 15 is 0 Å². The number of benzene rings is 1. The molecule has 25 heavy (non-hydrogen) atoms. The van der Waals surface area contributed by atoms with Gasteiger partial charge in [0.1, 0.15) is 5.82 Å². The van der Waals surface area contributed by atoms with Crippen molar-refractivity contribution in [2.45, 2.75) is 49.0 Å². The molecule has 1 fully saturated rings. The van der Waals surface area contributed by atoms with E-state index in [0.717, 1.165) is 47.6 Å². The second kappa shape index (κ2) is 7.15. The van der Waals surface area contributed by atoms with Crippen molar-refractivity contribution in [3.05, 3.63) is 52.0 Å². The van der Waals surface area contributed by atoms with Crippen LogP contribution in [0.2, 0.25) is 0 Å². The average Bonchev–Trinajstić information content (AvgIpc) is 3.24. The highest BCUT2D eigenvalue weighted by atomic mass is 32.2. The van der Waals surface area contributed by atoms with Crippen LogP contribution in [0.15, 0.2) is 41.3 Å². The number of aliphatic hydroxyl groups is 1. The molecule has 0 radical (unpaired) electrons. The van der Waals surface area contributed by atoms with E-state index in [1.54, 1.807) is 18.3 Å². The van der Waals surface area contributed by atoms with Crippen LogP contribution in [0.5, 0.6) is 0 Å². The van der Waals surface area contributed by atoms with Gasteiger partial charge >= 0.3 is 0 Å². The maximum absolute atomic E-state index is 13.0. The Morgan fingerprint density at radius 1 is 1.20 bits per heavy atom. The highest BCUT2D eigenvalue weighted by Crippen LogP contribution is 2.44. The lowest BCUT2D eigenvalue weighted by molar-refractivity contribution is 0.203. The van der Waals surface area contributed by atoms with Gasteiger partial charge in [0.15, 0.2) is 0 Å². The molecule has 0 bridgehead atoms. The van der Waals surface area contributed by atoms with Crippen molar-refractivity contribution in [2.24, 2.45) is 0 Å². The fourth-order valence-electron chi connectivity index (χ4n) is 3.35. The number of thiophene rings is 1. The van der Waals surface area contributed by atoms with E-state index < -0.39 is 21.9 Å². The Morgan fingerprint density at radius 3 is 2.40 bits per heavy atom. The van der Waals surface area contributed by atoms with Gasteiger partial charge in [-0.2, -0.15) is 0 Å². The molecule has 2 aromatic rings. The topological polar surface area (TPSA) is 66.4 Å². The first kappa shape index (κ1) is 18.5. The Kier molecular flexibility index (Phi) is 5.29. The van der Waals surface area contributed by atoms with E-state index in [1.165, 1.54) is 12.1 Å². The third kappa shape index (κ3) is 3.95. The Hall–Kier alpha value is -1.28. The molecular formula is C18H22FNO3S2. The Labute approximate surface area is 151 Å². The first-order chi connectivity index (χ1) is 11.8. The molecule has 0 aliphatic heterocycles. The third-order valence-electron chi connectivity index (χ3n) is 4.85.